The molecule has 0 aliphatic heterocycles. The van der Waals surface area contributed by atoms with E-state index in [1.807, 2.05) is 36.7 Å². The molecule has 3 rings (SSSR count). The molecule has 0 aliphatic rings. The number of hydrogen-bond donors (Lipinski definition) is 0. The molecule has 112 valence electrons. The van der Waals surface area contributed by atoms with E-state index in [0.29, 0.717) is 10.0 Å². The van der Waals surface area contributed by atoms with Crippen LogP contribution < -0.4 is 4.80 Å². The van der Waals surface area contributed by atoms with Gasteiger partial charge in [-0.15, -0.1) is 5.10 Å². The first kappa shape index (κ1) is 15.3. The van der Waals surface area contributed by atoms with Gasteiger partial charge < -0.3 is 4.57 Å². The Balaban J connectivity index is 2.03. The van der Waals surface area contributed by atoms with Crippen LogP contribution in [-0.2, 0) is 7.05 Å². The first-order chi connectivity index (χ1) is 10.6. The number of aromatic nitrogens is 1. The second kappa shape index (κ2) is 6.24. The first-order valence-electron chi connectivity index (χ1n) is 6.64. The van der Waals surface area contributed by atoms with Crippen molar-refractivity contribution in [2.75, 3.05) is 0 Å². The van der Waals surface area contributed by atoms with E-state index in [9.17, 15) is 0 Å². The highest BCUT2D eigenvalue weighted by atomic mass is 35.5. The minimum atomic E-state index is 0.515. The molecular weight excluding hydrogens is 337 g/mol. The number of halogens is 2. The maximum atomic E-state index is 6.03. The van der Waals surface area contributed by atoms with Crippen LogP contribution in [0, 0.1) is 0 Å². The summed E-state index contributed by atoms with van der Waals surface area (Å²) in [7, 11) is 1.99. The van der Waals surface area contributed by atoms with E-state index in [0.717, 1.165) is 21.6 Å². The third kappa shape index (κ3) is 2.95. The molecule has 2 aromatic carbocycles. The van der Waals surface area contributed by atoms with Crippen LogP contribution in [0.5, 0.6) is 0 Å². The van der Waals surface area contributed by atoms with Gasteiger partial charge in [0, 0.05) is 7.05 Å². The molecule has 0 bridgehead atoms. The van der Waals surface area contributed by atoms with Crippen molar-refractivity contribution in [1.29, 1.82) is 0 Å². The van der Waals surface area contributed by atoms with Gasteiger partial charge in [-0.1, -0.05) is 52.7 Å². The zero-order chi connectivity index (χ0) is 15.7. The fraction of sp³-hybridized carbons (Fsp3) is 0.125. The van der Waals surface area contributed by atoms with Crippen LogP contribution in [0.25, 0.3) is 10.2 Å². The van der Waals surface area contributed by atoms with E-state index in [4.69, 9.17) is 23.2 Å². The summed E-state index contributed by atoms with van der Waals surface area (Å²) in [5.41, 5.74) is 2.84. The SMILES string of the molecule is C/C(=N/N=c1/sc2ccccc2n1C)c1ccc(Cl)c(Cl)c1. The van der Waals surface area contributed by atoms with Gasteiger partial charge in [-0.2, -0.15) is 5.10 Å². The van der Waals surface area contributed by atoms with Crippen LogP contribution in [0.4, 0.5) is 0 Å². The van der Waals surface area contributed by atoms with Gasteiger partial charge in [0.1, 0.15) is 0 Å². The van der Waals surface area contributed by atoms with Crippen LogP contribution >= 0.6 is 34.5 Å². The predicted octanol–water partition coefficient (Wildman–Crippen LogP) is 4.87. The lowest BCUT2D eigenvalue weighted by Gasteiger charge is -2.00. The molecule has 6 heteroatoms. The Morgan fingerprint density at radius 1 is 1.09 bits per heavy atom. The quantitative estimate of drug-likeness (QED) is 0.466. The van der Waals surface area contributed by atoms with Crippen molar-refractivity contribution in [1.82, 2.24) is 4.57 Å². The number of nitrogens with zero attached hydrogens (tertiary/aromatic N) is 3. The molecule has 0 radical (unpaired) electrons. The van der Waals surface area contributed by atoms with Gasteiger partial charge in [0.15, 0.2) is 0 Å². The summed E-state index contributed by atoms with van der Waals surface area (Å²) in [6.45, 7) is 1.90. The van der Waals surface area contributed by atoms with Gasteiger partial charge >= 0.3 is 0 Å². The number of benzene rings is 2. The maximum absolute atomic E-state index is 6.03. The Morgan fingerprint density at radius 2 is 1.86 bits per heavy atom. The minimum absolute atomic E-state index is 0.515. The third-order valence-electron chi connectivity index (χ3n) is 3.34. The average molecular weight is 350 g/mol. The fourth-order valence-corrected chi connectivity index (χ4v) is 3.34. The molecule has 0 saturated carbocycles. The largest absolute Gasteiger partial charge is 0.318 e. The van der Waals surface area contributed by atoms with Crippen LogP contribution in [0.15, 0.2) is 52.7 Å². The number of fused-ring (bicyclic) bond motifs is 1. The summed E-state index contributed by atoms with van der Waals surface area (Å²) < 4.78 is 3.22. The molecule has 0 unspecified atom stereocenters. The van der Waals surface area contributed by atoms with Crippen molar-refractivity contribution in [3.8, 4) is 0 Å². The molecule has 0 spiro atoms. The molecule has 0 amide bonds. The molecule has 0 aliphatic carbocycles. The van der Waals surface area contributed by atoms with Gasteiger partial charge in [-0.3, -0.25) is 0 Å². The van der Waals surface area contributed by atoms with Crippen molar-refractivity contribution in [2.24, 2.45) is 17.3 Å². The van der Waals surface area contributed by atoms with E-state index in [1.54, 1.807) is 23.5 Å². The summed E-state index contributed by atoms with van der Waals surface area (Å²) in [6, 6.07) is 13.6. The number of hydrogen-bond acceptors (Lipinski definition) is 3. The number of para-hydroxylation sites is 1. The van der Waals surface area contributed by atoms with Crippen molar-refractivity contribution in [3.63, 3.8) is 0 Å². The number of thiazole rings is 1. The minimum Gasteiger partial charge on any atom is -0.318 e. The topological polar surface area (TPSA) is 29.6 Å². The summed E-state index contributed by atoms with van der Waals surface area (Å²) in [5, 5.41) is 9.73. The van der Waals surface area contributed by atoms with Crippen molar-refractivity contribution in [3.05, 3.63) is 62.9 Å². The maximum Gasteiger partial charge on any atom is 0.211 e. The standard InChI is InChI=1S/C16H13Cl2N3S/c1-10(11-7-8-12(17)13(18)9-11)19-20-16-21(2)14-5-3-4-6-15(14)22-16/h3-9H,1-2H3/b19-10-,20-16+. The molecule has 22 heavy (non-hydrogen) atoms. The zero-order valence-corrected chi connectivity index (χ0v) is 14.4. The highest BCUT2D eigenvalue weighted by Crippen LogP contribution is 2.23. The Kier molecular flexibility index (Phi) is 4.34. The predicted molar refractivity (Wildman–Crippen MR) is 95.0 cm³/mol. The third-order valence-corrected chi connectivity index (χ3v) is 5.18. The fourth-order valence-electron chi connectivity index (χ4n) is 2.07. The van der Waals surface area contributed by atoms with E-state index in [1.165, 1.54) is 4.70 Å². The Hall–Kier alpha value is -1.62. The molecule has 0 fully saturated rings. The van der Waals surface area contributed by atoms with E-state index in [-0.39, 0.29) is 0 Å². The molecule has 3 aromatic rings. The highest BCUT2D eigenvalue weighted by Gasteiger charge is 2.03. The molecule has 1 heterocycles. The monoisotopic (exact) mass is 349 g/mol. The number of aryl methyl sites for hydroxylation is 1. The molecule has 1 aromatic heterocycles. The summed E-state index contributed by atoms with van der Waals surface area (Å²) in [6.07, 6.45) is 0. The van der Waals surface area contributed by atoms with Gasteiger partial charge in [0.25, 0.3) is 0 Å². The van der Waals surface area contributed by atoms with Crippen LogP contribution in [0.1, 0.15) is 12.5 Å². The van der Waals surface area contributed by atoms with E-state index in [2.05, 4.69) is 22.3 Å². The Bertz CT molecular complexity index is 938. The summed E-state index contributed by atoms with van der Waals surface area (Å²) >= 11 is 13.6. The average Bonchev–Trinajstić information content (AvgIpc) is 2.84. The molecule has 0 atom stereocenters. The van der Waals surface area contributed by atoms with E-state index >= 15 is 0 Å². The summed E-state index contributed by atoms with van der Waals surface area (Å²) in [4.78, 5) is 0.848. The second-order valence-corrected chi connectivity index (χ2v) is 6.65. The lowest BCUT2D eigenvalue weighted by Crippen LogP contribution is -2.09. The molecule has 0 N–H and O–H groups in total. The summed E-state index contributed by atoms with van der Waals surface area (Å²) in [5.74, 6) is 0. The van der Waals surface area contributed by atoms with Crippen LogP contribution in [-0.4, -0.2) is 10.3 Å². The van der Waals surface area contributed by atoms with Gasteiger partial charge in [0.2, 0.25) is 4.80 Å². The zero-order valence-electron chi connectivity index (χ0n) is 12.0. The van der Waals surface area contributed by atoms with E-state index < -0.39 is 0 Å². The number of rotatable bonds is 2. The molecular formula is C16H13Cl2N3S. The van der Waals surface area contributed by atoms with Crippen molar-refractivity contribution < 1.29 is 0 Å². The first-order valence-corrected chi connectivity index (χ1v) is 8.22. The molecule has 0 saturated heterocycles. The van der Waals surface area contributed by atoms with Gasteiger partial charge in [-0.25, -0.2) is 0 Å². The normalized spacial score (nSPS) is 13.1. The molecule has 3 nitrogen and oxygen atoms in total. The smallest absolute Gasteiger partial charge is 0.211 e. The van der Waals surface area contributed by atoms with Crippen molar-refractivity contribution >= 4 is 50.5 Å². The van der Waals surface area contributed by atoms with Crippen molar-refractivity contribution in [2.45, 2.75) is 6.92 Å². The van der Waals surface area contributed by atoms with Crippen LogP contribution in [0.3, 0.4) is 0 Å². The van der Waals surface area contributed by atoms with Gasteiger partial charge in [0.05, 0.1) is 26.0 Å². The Labute approximate surface area is 142 Å². The van der Waals surface area contributed by atoms with Gasteiger partial charge in [-0.05, 0) is 36.8 Å². The second-order valence-electron chi connectivity index (χ2n) is 4.83. The lowest BCUT2D eigenvalue weighted by molar-refractivity contribution is 0.888. The highest BCUT2D eigenvalue weighted by molar-refractivity contribution is 7.16. The Morgan fingerprint density at radius 3 is 2.59 bits per heavy atom. The lowest BCUT2D eigenvalue weighted by atomic mass is 10.1. The van der Waals surface area contributed by atoms with Crippen LogP contribution in [0.2, 0.25) is 10.0 Å².